The van der Waals surface area contributed by atoms with E-state index >= 15 is 0 Å². The van der Waals surface area contributed by atoms with Gasteiger partial charge in [0.15, 0.2) is 0 Å². The number of aromatic nitrogens is 1. The molecule has 5 rings (SSSR count). The van der Waals surface area contributed by atoms with Gasteiger partial charge < -0.3 is 9.30 Å². The summed E-state index contributed by atoms with van der Waals surface area (Å²) < 4.78 is 7.53. The van der Waals surface area contributed by atoms with E-state index in [-0.39, 0.29) is 5.56 Å². The molecule has 0 aliphatic carbocycles. The van der Waals surface area contributed by atoms with Gasteiger partial charge in [-0.05, 0) is 37.5 Å². The first kappa shape index (κ1) is 18.6. The SMILES string of the molecule is Cc1ccc(CN2C[C@@H]3C[C@H](C2)c2ccc(CN4CCOCC4)c(=O)n2C3)s1. The van der Waals surface area contributed by atoms with Gasteiger partial charge in [-0.1, -0.05) is 6.07 Å². The second-order valence-corrected chi connectivity index (χ2v) is 9.97. The molecule has 2 atom stereocenters. The predicted molar refractivity (Wildman–Crippen MR) is 112 cm³/mol. The second kappa shape index (κ2) is 7.75. The molecular formula is C22H29N3O2S. The summed E-state index contributed by atoms with van der Waals surface area (Å²) in [6.45, 7) is 10.4. The van der Waals surface area contributed by atoms with Gasteiger partial charge in [0.2, 0.25) is 0 Å². The molecule has 0 aromatic carbocycles. The monoisotopic (exact) mass is 399 g/mol. The maximum absolute atomic E-state index is 13.2. The van der Waals surface area contributed by atoms with Crippen LogP contribution in [0.25, 0.3) is 0 Å². The van der Waals surface area contributed by atoms with Crippen molar-refractivity contribution in [2.75, 3.05) is 39.4 Å². The summed E-state index contributed by atoms with van der Waals surface area (Å²) in [5, 5.41) is 0. The Labute approximate surface area is 170 Å². The summed E-state index contributed by atoms with van der Waals surface area (Å²) in [7, 11) is 0. The zero-order chi connectivity index (χ0) is 19.1. The van der Waals surface area contributed by atoms with Crippen molar-refractivity contribution in [3.8, 4) is 0 Å². The van der Waals surface area contributed by atoms with Crippen LogP contribution in [-0.4, -0.2) is 53.8 Å². The molecule has 0 saturated carbocycles. The first-order valence-corrected chi connectivity index (χ1v) is 11.3. The van der Waals surface area contributed by atoms with Crippen molar-refractivity contribution < 1.29 is 4.74 Å². The van der Waals surface area contributed by atoms with E-state index < -0.39 is 0 Å². The number of thiophene rings is 1. The van der Waals surface area contributed by atoms with Crippen LogP contribution in [0.2, 0.25) is 0 Å². The van der Waals surface area contributed by atoms with Gasteiger partial charge in [-0.25, -0.2) is 0 Å². The number of nitrogens with zero attached hydrogens (tertiary/aromatic N) is 3. The van der Waals surface area contributed by atoms with E-state index in [2.05, 4.69) is 45.6 Å². The van der Waals surface area contributed by atoms with Crippen LogP contribution in [-0.2, 0) is 24.4 Å². The number of pyridine rings is 1. The summed E-state index contributed by atoms with van der Waals surface area (Å²) in [5.74, 6) is 1.07. The van der Waals surface area contributed by atoms with Crippen LogP contribution in [0.1, 0.15) is 33.4 Å². The molecule has 2 aromatic heterocycles. The highest BCUT2D eigenvalue weighted by atomic mass is 32.1. The molecule has 0 unspecified atom stereocenters. The lowest BCUT2D eigenvalue weighted by atomic mass is 9.83. The highest BCUT2D eigenvalue weighted by Gasteiger charge is 2.35. The first-order valence-electron chi connectivity index (χ1n) is 10.5. The Morgan fingerprint density at radius 2 is 1.89 bits per heavy atom. The fraction of sp³-hybridized carbons (Fsp3) is 0.591. The van der Waals surface area contributed by atoms with Crippen molar-refractivity contribution in [2.24, 2.45) is 5.92 Å². The van der Waals surface area contributed by atoms with Gasteiger partial charge >= 0.3 is 0 Å². The van der Waals surface area contributed by atoms with Crippen molar-refractivity contribution in [2.45, 2.75) is 38.9 Å². The summed E-state index contributed by atoms with van der Waals surface area (Å²) in [5.41, 5.74) is 2.43. The molecule has 0 amide bonds. The molecule has 2 aromatic rings. The average molecular weight is 400 g/mol. The molecule has 5 nitrogen and oxygen atoms in total. The molecular weight excluding hydrogens is 370 g/mol. The van der Waals surface area contributed by atoms with Gasteiger partial charge in [-0.15, -0.1) is 11.3 Å². The molecule has 150 valence electrons. The highest BCUT2D eigenvalue weighted by molar-refractivity contribution is 7.11. The molecule has 0 radical (unpaired) electrons. The third-order valence-electron chi connectivity index (χ3n) is 6.43. The summed E-state index contributed by atoms with van der Waals surface area (Å²) in [6.07, 6.45) is 1.22. The fourth-order valence-corrected chi connectivity index (χ4v) is 6.06. The Bertz CT molecular complexity index is 899. The standard InChI is InChI=1S/C22H29N3O2S/c1-16-2-4-20(28-16)15-24-11-17-10-19(14-24)21-5-3-18(22(26)25(21)12-17)13-23-6-8-27-9-7-23/h2-5,17,19H,6-15H2,1H3/t17-,19+/m0/s1. The predicted octanol–water partition coefficient (Wildman–Crippen LogP) is 2.67. The van der Waals surface area contributed by atoms with E-state index in [9.17, 15) is 4.79 Å². The minimum absolute atomic E-state index is 0.237. The van der Waals surface area contributed by atoms with E-state index in [0.717, 1.165) is 64.6 Å². The number of piperidine rings is 1. The van der Waals surface area contributed by atoms with E-state index in [0.29, 0.717) is 11.8 Å². The molecule has 5 heterocycles. The Morgan fingerprint density at radius 3 is 2.68 bits per heavy atom. The van der Waals surface area contributed by atoms with Gasteiger partial charge in [-0.2, -0.15) is 0 Å². The maximum atomic E-state index is 13.2. The second-order valence-electron chi connectivity index (χ2n) is 8.59. The van der Waals surface area contributed by atoms with Gasteiger partial charge in [0.25, 0.3) is 5.56 Å². The van der Waals surface area contributed by atoms with Crippen molar-refractivity contribution in [3.05, 3.63) is 55.6 Å². The quantitative estimate of drug-likeness (QED) is 0.792. The third-order valence-corrected chi connectivity index (χ3v) is 7.42. The topological polar surface area (TPSA) is 37.7 Å². The zero-order valence-electron chi connectivity index (χ0n) is 16.6. The zero-order valence-corrected chi connectivity index (χ0v) is 17.4. The van der Waals surface area contributed by atoms with E-state index in [1.165, 1.54) is 21.9 Å². The normalized spacial score (nSPS) is 25.6. The van der Waals surface area contributed by atoms with Crippen LogP contribution in [0.4, 0.5) is 0 Å². The van der Waals surface area contributed by atoms with Crippen LogP contribution in [0, 0.1) is 12.8 Å². The number of hydrogen-bond acceptors (Lipinski definition) is 5. The van der Waals surface area contributed by atoms with Crippen molar-refractivity contribution >= 4 is 11.3 Å². The van der Waals surface area contributed by atoms with E-state index in [1.807, 2.05) is 11.3 Å². The van der Waals surface area contributed by atoms with Crippen molar-refractivity contribution in [1.29, 1.82) is 0 Å². The molecule has 2 bridgehead atoms. The molecule has 3 aliphatic rings. The van der Waals surface area contributed by atoms with Gasteiger partial charge in [0.05, 0.1) is 13.2 Å². The number of rotatable bonds is 4. The summed E-state index contributed by atoms with van der Waals surface area (Å²) >= 11 is 1.91. The van der Waals surface area contributed by atoms with Crippen LogP contribution >= 0.6 is 11.3 Å². The number of hydrogen-bond donors (Lipinski definition) is 0. The van der Waals surface area contributed by atoms with Crippen LogP contribution < -0.4 is 5.56 Å². The Hall–Kier alpha value is -1.47. The molecule has 3 aliphatic heterocycles. The molecule has 6 heteroatoms. The number of likely N-dealkylation sites (tertiary alicyclic amines) is 1. The third kappa shape index (κ3) is 3.71. The number of fused-ring (bicyclic) bond motifs is 4. The highest BCUT2D eigenvalue weighted by Crippen LogP contribution is 2.36. The van der Waals surface area contributed by atoms with Crippen LogP contribution in [0.3, 0.4) is 0 Å². The first-order chi connectivity index (χ1) is 13.7. The van der Waals surface area contributed by atoms with E-state index in [1.54, 1.807) is 0 Å². The molecule has 0 spiro atoms. The van der Waals surface area contributed by atoms with E-state index in [4.69, 9.17) is 4.74 Å². The molecule has 2 saturated heterocycles. The van der Waals surface area contributed by atoms with Gasteiger partial charge in [0, 0.05) is 72.7 Å². The van der Waals surface area contributed by atoms with Crippen molar-refractivity contribution in [3.63, 3.8) is 0 Å². The minimum Gasteiger partial charge on any atom is -0.379 e. The lowest BCUT2D eigenvalue weighted by molar-refractivity contribution is 0.0338. The average Bonchev–Trinajstić information content (AvgIpc) is 3.10. The minimum atomic E-state index is 0.237. The molecule has 0 N–H and O–H groups in total. The number of aryl methyl sites for hydroxylation is 1. The maximum Gasteiger partial charge on any atom is 0.255 e. The molecule has 2 fully saturated rings. The fourth-order valence-electron chi connectivity index (χ4n) is 5.13. The Kier molecular flexibility index (Phi) is 5.13. The Morgan fingerprint density at radius 1 is 1.04 bits per heavy atom. The number of morpholine rings is 1. The van der Waals surface area contributed by atoms with Crippen LogP contribution in [0.5, 0.6) is 0 Å². The van der Waals surface area contributed by atoms with Gasteiger partial charge in [0.1, 0.15) is 0 Å². The largest absolute Gasteiger partial charge is 0.379 e. The van der Waals surface area contributed by atoms with Crippen molar-refractivity contribution in [1.82, 2.24) is 14.4 Å². The summed E-state index contributed by atoms with van der Waals surface area (Å²) in [4.78, 5) is 21.0. The smallest absolute Gasteiger partial charge is 0.255 e. The van der Waals surface area contributed by atoms with Crippen LogP contribution in [0.15, 0.2) is 29.1 Å². The summed E-state index contributed by atoms with van der Waals surface area (Å²) in [6, 6.07) is 8.80. The Balaban J connectivity index is 1.34. The lowest BCUT2D eigenvalue weighted by Crippen LogP contribution is -2.47. The lowest BCUT2D eigenvalue weighted by Gasteiger charge is -2.43. The molecule has 28 heavy (non-hydrogen) atoms. The van der Waals surface area contributed by atoms with Gasteiger partial charge in [-0.3, -0.25) is 14.6 Å². The number of ether oxygens (including phenoxy) is 1.